The molecular formula is C10H15NO2. The first kappa shape index (κ1) is 10.2. The third kappa shape index (κ3) is 2.05. The number of nitrogens with zero attached hydrogens (tertiary/aromatic N) is 1. The fourth-order valence-electron chi connectivity index (χ4n) is 1.23. The molecule has 0 aromatic carbocycles. The van der Waals surface area contributed by atoms with E-state index < -0.39 is 11.7 Å². The highest BCUT2D eigenvalue weighted by molar-refractivity contribution is 5.13. The summed E-state index contributed by atoms with van der Waals surface area (Å²) >= 11 is 0. The maximum absolute atomic E-state index is 9.94. The van der Waals surface area contributed by atoms with Crippen molar-refractivity contribution in [3.8, 4) is 0 Å². The summed E-state index contributed by atoms with van der Waals surface area (Å²) in [7, 11) is 0. The molecule has 0 fully saturated rings. The van der Waals surface area contributed by atoms with Gasteiger partial charge in [-0.25, -0.2) is 0 Å². The van der Waals surface area contributed by atoms with Crippen LogP contribution in [0.3, 0.4) is 0 Å². The lowest BCUT2D eigenvalue weighted by atomic mass is 9.93. The van der Waals surface area contributed by atoms with E-state index in [9.17, 15) is 10.2 Å². The van der Waals surface area contributed by atoms with Gasteiger partial charge in [0.2, 0.25) is 0 Å². The Morgan fingerprint density at radius 3 is 2.69 bits per heavy atom. The minimum Gasteiger partial charge on any atom is -0.390 e. The second-order valence-corrected chi connectivity index (χ2v) is 3.29. The Morgan fingerprint density at radius 1 is 1.54 bits per heavy atom. The third-order valence-corrected chi connectivity index (χ3v) is 2.22. The van der Waals surface area contributed by atoms with Crippen molar-refractivity contribution >= 4 is 0 Å². The molecule has 1 aromatic heterocycles. The van der Waals surface area contributed by atoms with Crippen LogP contribution in [0.1, 0.15) is 26.0 Å². The predicted octanol–water partition coefficient (Wildman–Crippen LogP) is 1.06. The molecule has 0 spiro atoms. The number of pyridine rings is 1. The topological polar surface area (TPSA) is 53.4 Å². The normalized spacial score (nSPS) is 17.8. The maximum atomic E-state index is 9.94. The van der Waals surface area contributed by atoms with Crippen LogP contribution in [0.5, 0.6) is 0 Å². The largest absolute Gasteiger partial charge is 0.390 e. The first-order valence-electron chi connectivity index (χ1n) is 4.41. The minimum atomic E-state index is -1.25. The zero-order valence-electron chi connectivity index (χ0n) is 7.94. The molecule has 2 atom stereocenters. The van der Waals surface area contributed by atoms with Crippen molar-refractivity contribution in [1.82, 2.24) is 4.98 Å². The van der Waals surface area contributed by atoms with E-state index in [0.29, 0.717) is 12.1 Å². The van der Waals surface area contributed by atoms with Gasteiger partial charge in [0, 0.05) is 6.20 Å². The standard InChI is InChI=1S/C10H15NO2/c1-3-9(12)10(2,13)8-6-4-5-7-11-8/h4-7,9,12-13H,3H2,1-2H3/t9-,10?/m0/s1. The molecule has 13 heavy (non-hydrogen) atoms. The molecule has 0 aliphatic rings. The number of hydrogen-bond donors (Lipinski definition) is 2. The second-order valence-electron chi connectivity index (χ2n) is 3.29. The molecule has 1 rings (SSSR count). The lowest BCUT2D eigenvalue weighted by molar-refractivity contribution is -0.0707. The van der Waals surface area contributed by atoms with Crippen LogP contribution in [-0.2, 0) is 5.60 Å². The van der Waals surface area contributed by atoms with E-state index in [1.165, 1.54) is 0 Å². The Bertz CT molecular complexity index is 259. The number of rotatable bonds is 3. The van der Waals surface area contributed by atoms with Crippen LogP contribution >= 0.6 is 0 Å². The molecule has 3 nitrogen and oxygen atoms in total. The second kappa shape index (κ2) is 3.85. The molecule has 0 saturated carbocycles. The summed E-state index contributed by atoms with van der Waals surface area (Å²) in [6.07, 6.45) is 1.33. The predicted molar refractivity (Wildman–Crippen MR) is 50.1 cm³/mol. The van der Waals surface area contributed by atoms with Crippen LogP contribution in [0.25, 0.3) is 0 Å². The third-order valence-electron chi connectivity index (χ3n) is 2.22. The number of aliphatic hydroxyl groups excluding tert-OH is 1. The Balaban J connectivity index is 2.93. The van der Waals surface area contributed by atoms with Crippen molar-refractivity contribution in [2.75, 3.05) is 0 Å². The van der Waals surface area contributed by atoms with Gasteiger partial charge in [-0.1, -0.05) is 13.0 Å². The Hall–Kier alpha value is -0.930. The van der Waals surface area contributed by atoms with Gasteiger partial charge in [0.25, 0.3) is 0 Å². The molecule has 2 N–H and O–H groups in total. The van der Waals surface area contributed by atoms with Crippen LogP contribution in [-0.4, -0.2) is 21.3 Å². The van der Waals surface area contributed by atoms with Crippen molar-refractivity contribution in [3.05, 3.63) is 30.1 Å². The zero-order chi connectivity index (χ0) is 9.90. The summed E-state index contributed by atoms with van der Waals surface area (Å²) in [5.41, 5.74) is -0.750. The Kier molecular flexibility index (Phi) is 3.01. The number of hydrogen-bond acceptors (Lipinski definition) is 3. The SMILES string of the molecule is CC[C@H](O)C(C)(O)c1ccccn1. The summed E-state index contributed by atoms with van der Waals surface area (Å²) in [5, 5.41) is 19.5. The molecule has 0 saturated heterocycles. The first-order valence-corrected chi connectivity index (χ1v) is 4.41. The summed E-state index contributed by atoms with van der Waals surface area (Å²) in [5.74, 6) is 0. The molecule has 0 aliphatic heterocycles. The molecule has 0 bridgehead atoms. The van der Waals surface area contributed by atoms with Gasteiger partial charge in [-0.3, -0.25) is 4.98 Å². The van der Waals surface area contributed by atoms with Crippen molar-refractivity contribution < 1.29 is 10.2 Å². The number of aromatic nitrogens is 1. The van der Waals surface area contributed by atoms with Gasteiger partial charge >= 0.3 is 0 Å². The highest BCUT2D eigenvalue weighted by atomic mass is 16.3. The monoisotopic (exact) mass is 181 g/mol. The highest BCUT2D eigenvalue weighted by Crippen LogP contribution is 2.23. The highest BCUT2D eigenvalue weighted by Gasteiger charge is 2.31. The fourth-order valence-corrected chi connectivity index (χ4v) is 1.23. The van der Waals surface area contributed by atoms with Gasteiger partial charge in [0.05, 0.1) is 11.8 Å². The molecule has 0 radical (unpaired) electrons. The summed E-state index contributed by atoms with van der Waals surface area (Å²) in [4.78, 5) is 4.01. The molecule has 1 heterocycles. The molecule has 1 unspecified atom stereocenters. The van der Waals surface area contributed by atoms with Gasteiger partial charge in [-0.05, 0) is 25.5 Å². The Labute approximate surface area is 78.1 Å². The molecule has 1 aromatic rings. The fraction of sp³-hybridized carbons (Fsp3) is 0.500. The summed E-state index contributed by atoms with van der Waals surface area (Å²) in [6.45, 7) is 3.39. The van der Waals surface area contributed by atoms with E-state index in [1.54, 1.807) is 31.3 Å². The smallest absolute Gasteiger partial charge is 0.129 e. The van der Waals surface area contributed by atoms with Crippen molar-refractivity contribution in [2.45, 2.75) is 32.0 Å². The lowest BCUT2D eigenvalue weighted by Gasteiger charge is -2.27. The summed E-state index contributed by atoms with van der Waals surface area (Å²) < 4.78 is 0. The van der Waals surface area contributed by atoms with Crippen LogP contribution < -0.4 is 0 Å². The molecule has 72 valence electrons. The Morgan fingerprint density at radius 2 is 2.23 bits per heavy atom. The molecule has 0 aliphatic carbocycles. The van der Waals surface area contributed by atoms with Gasteiger partial charge in [-0.15, -0.1) is 0 Å². The average Bonchev–Trinajstić information content (AvgIpc) is 2.18. The molecule has 3 heteroatoms. The maximum Gasteiger partial charge on any atom is 0.129 e. The van der Waals surface area contributed by atoms with Crippen LogP contribution in [0.4, 0.5) is 0 Å². The van der Waals surface area contributed by atoms with Crippen LogP contribution in [0, 0.1) is 0 Å². The summed E-state index contributed by atoms with van der Waals surface area (Å²) in [6, 6.07) is 5.27. The van der Waals surface area contributed by atoms with E-state index in [0.717, 1.165) is 0 Å². The first-order chi connectivity index (χ1) is 6.09. The molecular weight excluding hydrogens is 166 g/mol. The zero-order valence-corrected chi connectivity index (χ0v) is 7.94. The van der Waals surface area contributed by atoms with Crippen molar-refractivity contribution in [3.63, 3.8) is 0 Å². The van der Waals surface area contributed by atoms with E-state index in [1.807, 2.05) is 6.92 Å². The lowest BCUT2D eigenvalue weighted by Crippen LogP contribution is -2.36. The van der Waals surface area contributed by atoms with Crippen molar-refractivity contribution in [2.24, 2.45) is 0 Å². The van der Waals surface area contributed by atoms with Crippen LogP contribution in [0.2, 0.25) is 0 Å². The van der Waals surface area contributed by atoms with Gasteiger partial charge in [-0.2, -0.15) is 0 Å². The van der Waals surface area contributed by atoms with Crippen molar-refractivity contribution in [1.29, 1.82) is 0 Å². The van der Waals surface area contributed by atoms with E-state index in [2.05, 4.69) is 4.98 Å². The van der Waals surface area contributed by atoms with Gasteiger partial charge in [0.15, 0.2) is 0 Å². The average molecular weight is 181 g/mol. The van der Waals surface area contributed by atoms with E-state index >= 15 is 0 Å². The minimum absolute atomic E-state index is 0.504. The van der Waals surface area contributed by atoms with Gasteiger partial charge < -0.3 is 10.2 Å². The van der Waals surface area contributed by atoms with Crippen LogP contribution in [0.15, 0.2) is 24.4 Å². The molecule has 0 amide bonds. The number of aliphatic hydroxyl groups is 2. The van der Waals surface area contributed by atoms with Gasteiger partial charge in [0.1, 0.15) is 5.60 Å². The van der Waals surface area contributed by atoms with E-state index in [-0.39, 0.29) is 0 Å². The quantitative estimate of drug-likeness (QED) is 0.733. The van der Waals surface area contributed by atoms with E-state index in [4.69, 9.17) is 0 Å².